The van der Waals surface area contributed by atoms with Crippen LogP contribution in [0.4, 0.5) is 10.6 Å². The van der Waals surface area contributed by atoms with E-state index >= 15 is 0 Å². The summed E-state index contributed by atoms with van der Waals surface area (Å²) >= 11 is 5.97. The van der Waals surface area contributed by atoms with Gasteiger partial charge in [0.15, 0.2) is 10.8 Å². The van der Waals surface area contributed by atoms with Crippen LogP contribution in [0, 0.1) is 17.2 Å². The molecule has 7 nitrogen and oxygen atoms in total. The van der Waals surface area contributed by atoms with Crippen LogP contribution in [-0.4, -0.2) is 40.8 Å². The number of nitrogens with zero attached hydrogens (tertiary/aromatic N) is 4. The summed E-state index contributed by atoms with van der Waals surface area (Å²) in [6.07, 6.45) is 1.96. The zero-order valence-corrected chi connectivity index (χ0v) is 15.1. The maximum Gasteiger partial charge on any atom is 0.407 e. The van der Waals surface area contributed by atoms with Gasteiger partial charge >= 0.3 is 6.09 Å². The fourth-order valence-electron chi connectivity index (χ4n) is 2.70. The van der Waals surface area contributed by atoms with Gasteiger partial charge in [0.2, 0.25) is 0 Å². The molecule has 1 amide bonds. The molecule has 2 atom stereocenters. The molecule has 0 saturated carbocycles. The lowest BCUT2D eigenvalue weighted by Gasteiger charge is -2.37. The van der Waals surface area contributed by atoms with Crippen LogP contribution in [0.2, 0.25) is 5.15 Å². The number of piperidine rings is 1. The Morgan fingerprint density at radius 2 is 2.21 bits per heavy atom. The minimum absolute atomic E-state index is 0.0557. The van der Waals surface area contributed by atoms with Gasteiger partial charge in [-0.25, -0.2) is 14.8 Å². The number of aromatic nitrogens is 2. The quantitative estimate of drug-likeness (QED) is 0.880. The second-order valence-electron chi connectivity index (χ2n) is 7.07. The summed E-state index contributed by atoms with van der Waals surface area (Å²) < 4.78 is 5.31. The van der Waals surface area contributed by atoms with Gasteiger partial charge in [-0.3, -0.25) is 0 Å². The Morgan fingerprint density at radius 3 is 2.79 bits per heavy atom. The Bertz CT molecular complexity index is 653. The molecule has 1 aromatic rings. The fourth-order valence-corrected chi connectivity index (χ4v) is 2.88. The molecule has 2 heterocycles. The predicted molar refractivity (Wildman–Crippen MR) is 90.9 cm³/mol. The summed E-state index contributed by atoms with van der Waals surface area (Å²) in [5, 5.41) is 11.9. The van der Waals surface area contributed by atoms with E-state index < -0.39 is 11.7 Å². The summed E-state index contributed by atoms with van der Waals surface area (Å²) in [5.41, 5.74) is -0.426. The highest BCUT2D eigenvalue weighted by Gasteiger charge is 2.28. The smallest absolute Gasteiger partial charge is 0.407 e. The Labute approximate surface area is 147 Å². The maximum absolute atomic E-state index is 12.0. The minimum Gasteiger partial charge on any atom is -0.444 e. The van der Waals surface area contributed by atoms with E-state index in [-0.39, 0.29) is 16.9 Å². The molecule has 2 rings (SSSR count). The molecule has 130 valence electrons. The van der Waals surface area contributed by atoms with Gasteiger partial charge in [0.05, 0.1) is 12.2 Å². The third kappa shape index (κ3) is 4.96. The van der Waals surface area contributed by atoms with Gasteiger partial charge in [0.1, 0.15) is 17.5 Å². The normalized spacial score (nSPS) is 21.1. The Kier molecular flexibility index (Phi) is 5.50. The number of ether oxygens (including phenoxy) is 1. The van der Waals surface area contributed by atoms with Crippen molar-refractivity contribution < 1.29 is 9.53 Å². The molecule has 1 N–H and O–H groups in total. The standard InChI is InChI=1S/C16H22ClN5O2/c1-10-5-11(20-15(23)24-16(2,3)4)9-22(8-10)13-7-19-12(6-18)14(17)21-13/h7,10-11H,5,8-9H2,1-4H3,(H,20,23). The van der Waals surface area contributed by atoms with Gasteiger partial charge in [-0.1, -0.05) is 18.5 Å². The fraction of sp³-hybridized carbons (Fsp3) is 0.625. The molecular formula is C16H22ClN5O2. The van der Waals surface area contributed by atoms with E-state index in [1.54, 1.807) is 0 Å². The Balaban J connectivity index is 2.06. The van der Waals surface area contributed by atoms with E-state index in [0.717, 1.165) is 13.0 Å². The number of nitrogens with one attached hydrogen (secondary N) is 1. The Morgan fingerprint density at radius 1 is 1.50 bits per heavy atom. The predicted octanol–water partition coefficient (Wildman–Crippen LogP) is 2.74. The zero-order chi connectivity index (χ0) is 17.9. The van der Waals surface area contributed by atoms with Gasteiger partial charge in [0, 0.05) is 13.1 Å². The zero-order valence-electron chi connectivity index (χ0n) is 14.3. The van der Waals surface area contributed by atoms with E-state index in [0.29, 0.717) is 18.3 Å². The summed E-state index contributed by atoms with van der Waals surface area (Å²) in [4.78, 5) is 22.2. The molecule has 2 unspecified atom stereocenters. The first-order chi connectivity index (χ1) is 11.2. The van der Waals surface area contributed by atoms with Crippen LogP contribution in [0.3, 0.4) is 0 Å². The van der Waals surface area contributed by atoms with Crippen molar-refractivity contribution in [1.29, 1.82) is 5.26 Å². The van der Waals surface area contributed by atoms with Crippen LogP contribution in [0.25, 0.3) is 0 Å². The molecule has 8 heteroatoms. The largest absolute Gasteiger partial charge is 0.444 e. The summed E-state index contributed by atoms with van der Waals surface area (Å²) in [5.74, 6) is 0.955. The molecule has 1 aliphatic rings. The van der Waals surface area contributed by atoms with Crippen molar-refractivity contribution in [3.05, 3.63) is 17.0 Å². The number of halogens is 1. The lowest BCUT2D eigenvalue weighted by molar-refractivity contribution is 0.0495. The third-order valence-corrected chi connectivity index (χ3v) is 3.79. The number of carbonyl (C=O) groups excluding carboxylic acids is 1. The van der Waals surface area contributed by atoms with Crippen LogP contribution in [0.15, 0.2) is 6.20 Å². The van der Waals surface area contributed by atoms with Crippen LogP contribution in [0.1, 0.15) is 39.8 Å². The number of hydrogen-bond acceptors (Lipinski definition) is 6. The molecule has 1 aliphatic heterocycles. The van der Waals surface area contributed by atoms with Crippen molar-refractivity contribution in [3.63, 3.8) is 0 Å². The second kappa shape index (κ2) is 7.22. The number of rotatable bonds is 2. The van der Waals surface area contributed by atoms with E-state index in [2.05, 4.69) is 22.2 Å². The Hall–Kier alpha value is -2.07. The molecule has 1 aromatic heterocycles. The van der Waals surface area contributed by atoms with Crippen molar-refractivity contribution in [2.45, 2.75) is 45.8 Å². The van der Waals surface area contributed by atoms with Gasteiger partial charge in [-0.2, -0.15) is 5.26 Å². The first kappa shape index (κ1) is 18.3. The molecule has 0 aromatic carbocycles. The van der Waals surface area contributed by atoms with E-state index in [1.165, 1.54) is 6.20 Å². The van der Waals surface area contributed by atoms with Gasteiger partial charge in [-0.05, 0) is 33.1 Å². The van der Waals surface area contributed by atoms with Crippen LogP contribution in [-0.2, 0) is 4.74 Å². The average molecular weight is 352 g/mol. The van der Waals surface area contributed by atoms with E-state index in [9.17, 15) is 4.79 Å². The highest BCUT2D eigenvalue weighted by atomic mass is 35.5. The van der Waals surface area contributed by atoms with Gasteiger partial charge in [0.25, 0.3) is 0 Å². The lowest BCUT2D eigenvalue weighted by atomic mass is 9.96. The monoisotopic (exact) mass is 351 g/mol. The topological polar surface area (TPSA) is 91.1 Å². The van der Waals surface area contributed by atoms with Crippen molar-refractivity contribution in [2.75, 3.05) is 18.0 Å². The first-order valence-corrected chi connectivity index (χ1v) is 8.23. The third-order valence-electron chi connectivity index (χ3n) is 3.53. The number of hydrogen-bond donors (Lipinski definition) is 1. The number of nitriles is 1. The van der Waals surface area contributed by atoms with Gasteiger partial charge < -0.3 is 15.0 Å². The molecule has 0 aliphatic carbocycles. The lowest BCUT2D eigenvalue weighted by Crippen LogP contribution is -2.51. The molecule has 0 spiro atoms. The average Bonchev–Trinajstić information content (AvgIpc) is 2.44. The first-order valence-electron chi connectivity index (χ1n) is 7.85. The summed E-state index contributed by atoms with van der Waals surface area (Å²) in [6.45, 7) is 8.96. The van der Waals surface area contributed by atoms with Crippen molar-refractivity contribution in [2.24, 2.45) is 5.92 Å². The van der Waals surface area contributed by atoms with Crippen molar-refractivity contribution >= 4 is 23.5 Å². The molecule has 1 saturated heterocycles. The van der Waals surface area contributed by atoms with Crippen LogP contribution in [0.5, 0.6) is 0 Å². The van der Waals surface area contributed by atoms with E-state index in [4.69, 9.17) is 21.6 Å². The summed E-state index contributed by atoms with van der Waals surface area (Å²) in [6, 6.07) is 1.84. The molecular weight excluding hydrogens is 330 g/mol. The van der Waals surface area contributed by atoms with Crippen molar-refractivity contribution in [3.8, 4) is 6.07 Å². The second-order valence-corrected chi connectivity index (χ2v) is 7.43. The summed E-state index contributed by atoms with van der Waals surface area (Å²) in [7, 11) is 0. The van der Waals surface area contributed by atoms with Crippen LogP contribution < -0.4 is 10.2 Å². The number of amides is 1. The highest BCUT2D eigenvalue weighted by Crippen LogP contribution is 2.23. The highest BCUT2D eigenvalue weighted by molar-refractivity contribution is 6.30. The molecule has 0 bridgehead atoms. The van der Waals surface area contributed by atoms with Crippen LogP contribution >= 0.6 is 11.6 Å². The van der Waals surface area contributed by atoms with Gasteiger partial charge in [-0.15, -0.1) is 0 Å². The number of anilines is 1. The number of alkyl carbamates (subject to hydrolysis) is 1. The minimum atomic E-state index is -0.532. The molecule has 1 fully saturated rings. The van der Waals surface area contributed by atoms with E-state index in [1.807, 2.05) is 31.7 Å². The SMILES string of the molecule is CC1CC(NC(=O)OC(C)(C)C)CN(c2cnc(C#N)c(Cl)n2)C1. The maximum atomic E-state index is 12.0. The molecule has 24 heavy (non-hydrogen) atoms. The van der Waals surface area contributed by atoms with Crippen molar-refractivity contribution in [1.82, 2.24) is 15.3 Å². The molecule has 0 radical (unpaired) electrons. The number of carbonyl (C=O) groups is 1.